The molecule has 2 heterocycles. The lowest BCUT2D eigenvalue weighted by atomic mass is 10.1. The second kappa shape index (κ2) is 6.85. The van der Waals surface area contributed by atoms with E-state index in [1.54, 1.807) is 17.4 Å². The average molecular weight is 329 g/mol. The Morgan fingerprint density at radius 1 is 1.35 bits per heavy atom. The third-order valence-corrected chi connectivity index (χ3v) is 4.81. The maximum atomic E-state index is 12.4. The summed E-state index contributed by atoms with van der Waals surface area (Å²) in [5.41, 5.74) is 4.47. The first kappa shape index (κ1) is 15.6. The zero-order chi connectivity index (χ0) is 16.2. The van der Waals surface area contributed by atoms with E-state index in [1.807, 2.05) is 47.3 Å². The monoisotopic (exact) mass is 329 g/mol. The van der Waals surface area contributed by atoms with Crippen LogP contribution in [0.3, 0.4) is 0 Å². The highest BCUT2D eigenvalue weighted by Crippen LogP contribution is 2.19. The third kappa shape index (κ3) is 3.38. The van der Waals surface area contributed by atoms with Crippen LogP contribution in [0.1, 0.15) is 21.1 Å². The molecule has 23 heavy (non-hydrogen) atoms. The van der Waals surface area contributed by atoms with Gasteiger partial charge in [-0.1, -0.05) is 46.8 Å². The van der Waals surface area contributed by atoms with Crippen molar-refractivity contribution >= 4 is 17.1 Å². The van der Waals surface area contributed by atoms with Crippen molar-refractivity contribution in [1.82, 2.24) is 5.16 Å². The Labute approximate surface area is 137 Å². The van der Waals surface area contributed by atoms with Crippen LogP contribution in [0.15, 0.2) is 46.4 Å². The topological polar surface area (TPSA) is 67.2 Å². The van der Waals surface area contributed by atoms with E-state index in [4.69, 9.17) is 9.63 Å². The maximum Gasteiger partial charge on any atom is 0.265 e. The molecule has 118 valence electrons. The number of aromatic nitrogens is 2. The maximum absolute atomic E-state index is 12.4. The Balaban J connectivity index is 1.75. The van der Waals surface area contributed by atoms with Gasteiger partial charge in [-0.05, 0) is 0 Å². The van der Waals surface area contributed by atoms with Crippen LogP contribution in [0.2, 0.25) is 0 Å². The first-order valence-electron chi connectivity index (χ1n) is 7.31. The van der Waals surface area contributed by atoms with Gasteiger partial charge in [-0.25, -0.2) is 0 Å². The second-order valence-electron chi connectivity index (χ2n) is 5.20. The van der Waals surface area contributed by atoms with Crippen LogP contribution in [-0.2, 0) is 13.0 Å². The van der Waals surface area contributed by atoms with E-state index in [0.29, 0.717) is 12.1 Å². The Bertz CT molecular complexity index is 808. The van der Waals surface area contributed by atoms with Crippen LogP contribution < -0.4 is 4.57 Å². The molecule has 0 aliphatic heterocycles. The van der Waals surface area contributed by atoms with Crippen molar-refractivity contribution in [3.63, 3.8) is 0 Å². The molecule has 0 saturated carbocycles. The number of thiazole rings is 1. The fourth-order valence-corrected chi connectivity index (χ4v) is 3.32. The molecule has 1 N–H and O–H groups in total. The van der Waals surface area contributed by atoms with Crippen LogP contribution in [0, 0.1) is 6.92 Å². The molecule has 0 aliphatic carbocycles. The number of ketones is 1. The van der Waals surface area contributed by atoms with Gasteiger partial charge in [-0.3, -0.25) is 4.79 Å². The van der Waals surface area contributed by atoms with Crippen LogP contribution in [0.5, 0.6) is 0 Å². The number of carbonyl (C=O) groups is 1. The van der Waals surface area contributed by atoms with E-state index >= 15 is 0 Å². The molecule has 0 bridgehead atoms. The van der Waals surface area contributed by atoms with Crippen molar-refractivity contribution in [2.45, 2.75) is 19.9 Å². The fourth-order valence-electron chi connectivity index (χ4n) is 2.33. The molecule has 5 nitrogen and oxygen atoms in total. The van der Waals surface area contributed by atoms with Gasteiger partial charge in [0.05, 0.1) is 4.88 Å². The largest absolute Gasteiger partial charge is 0.396 e. The summed E-state index contributed by atoms with van der Waals surface area (Å²) in [6, 6.07) is 11.3. The van der Waals surface area contributed by atoms with Crippen molar-refractivity contribution in [1.29, 1.82) is 0 Å². The van der Waals surface area contributed by atoms with E-state index in [9.17, 15) is 4.79 Å². The standard InChI is InChI=1S/C17H17N2O3S/c1-12-17(7-8-20)23-11-19(12)10-15(21)16-9-14(18-22-16)13-5-3-2-4-6-13/h2-6,9,11,20H,7-8,10H2,1H3/q+1. The molecule has 0 aliphatic rings. The van der Waals surface area contributed by atoms with Crippen LogP contribution in [0.25, 0.3) is 11.3 Å². The van der Waals surface area contributed by atoms with Gasteiger partial charge in [-0.2, -0.15) is 4.57 Å². The van der Waals surface area contributed by atoms with E-state index in [2.05, 4.69) is 5.16 Å². The highest BCUT2D eigenvalue weighted by atomic mass is 32.1. The van der Waals surface area contributed by atoms with E-state index < -0.39 is 0 Å². The molecule has 3 aromatic rings. The van der Waals surface area contributed by atoms with Gasteiger partial charge in [0.25, 0.3) is 5.78 Å². The minimum Gasteiger partial charge on any atom is -0.396 e. The molecular formula is C17H17N2O3S+. The third-order valence-electron chi connectivity index (χ3n) is 3.66. The summed E-state index contributed by atoms with van der Waals surface area (Å²) < 4.78 is 7.08. The highest BCUT2D eigenvalue weighted by molar-refractivity contribution is 7.09. The van der Waals surface area contributed by atoms with E-state index in [1.165, 1.54) is 0 Å². The quantitative estimate of drug-likeness (QED) is 0.557. The van der Waals surface area contributed by atoms with Crippen LogP contribution in [0.4, 0.5) is 0 Å². The van der Waals surface area contributed by atoms with Gasteiger partial charge in [0.1, 0.15) is 5.69 Å². The number of aliphatic hydroxyl groups is 1. The van der Waals surface area contributed by atoms with Crippen molar-refractivity contribution in [3.8, 4) is 11.3 Å². The molecule has 0 fully saturated rings. The average Bonchev–Trinajstić information content (AvgIpc) is 3.19. The lowest BCUT2D eigenvalue weighted by Crippen LogP contribution is -2.38. The minimum absolute atomic E-state index is 0.109. The number of aliphatic hydroxyl groups excluding tert-OH is 1. The number of hydrogen-bond acceptors (Lipinski definition) is 5. The molecule has 1 aromatic carbocycles. The van der Waals surface area contributed by atoms with Crippen molar-refractivity contribution in [2.75, 3.05) is 6.61 Å². The fraction of sp³-hybridized carbons (Fsp3) is 0.235. The molecule has 3 rings (SSSR count). The molecule has 0 amide bonds. The predicted octanol–water partition coefficient (Wildman–Crippen LogP) is 2.42. The lowest BCUT2D eigenvalue weighted by molar-refractivity contribution is -0.684. The highest BCUT2D eigenvalue weighted by Gasteiger charge is 2.22. The summed E-state index contributed by atoms with van der Waals surface area (Å²) in [5.74, 6) is 0.131. The number of carbonyl (C=O) groups excluding carboxylic acids is 1. The Hall–Kier alpha value is -2.31. The smallest absolute Gasteiger partial charge is 0.265 e. The van der Waals surface area contributed by atoms with Gasteiger partial charge in [0.15, 0.2) is 5.69 Å². The number of benzene rings is 1. The molecule has 2 aromatic heterocycles. The predicted molar refractivity (Wildman–Crippen MR) is 86.3 cm³/mol. The molecule has 0 atom stereocenters. The lowest BCUT2D eigenvalue weighted by Gasteiger charge is -1.94. The zero-order valence-electron chi connectivity index (χ0n) is 12.7. The van der Waals surface area contributed by atoms with Gasteiger partial charge in [0, 0.05) is 31.6 Å². The van der Waals surface area contributed by atoms with Gasteiger partial charge >= 0.3 is 0 Å². The summed E-state index contributed by atoms with van der Waals surface area (Å²) in [6.07, 6.45) is 0.609. The first-order valence-corrected chi connectivity index (χ1v) is 8.19. The zero-order valence-corrected chi connectivity index (χ0v) is 13.5. The number of rotatable bonds is 6. The number of nitrogens with zero attached hydrogens (tertiary/aromatic N) is 2. The number of hydrogen-bond donors (Lipinski definition) is 1. The van der Waals surface area contributed by atoms with E-state index in [0.717, 1.165) is 16.1 Å². The normalized spacial score (nSPS) is 10.9. The molecule has 0 saturated heterocycles. The Morgan fingerprint density at radius 3 is 2.87 bits per heavy atom. The summed E-state index contributed by atoms with van der Waals surface area (Å²) >= 11 is 1.54. The van der Waals surface area contributed by atoms with Crippen molar-refractivity contribution in [2.24, 2.45) is 0 Å². The van der Waals surface area contributed by atoms with Crippen molar-refractivity contribution in [3.05, 3.63) is 58.2 Å². The summed E-state index contributed by atoms with van der Waals surface area (Å²) in [4.78, 5) is 13.5. The molecule has 0 radical (unpaired) electrons. The van der Waals surface area contributed by atoms with Crippen LogP contribution in [-0.4, -0.2) is 22.7 Å². The summed E-state index contributed by atoms with van der Waals surface area (Å²) in [5, 5.41) is 13.0. The minimum atomic E-state index is -0.124. The van der Waals surface area contributed by atoms with E-state index in [-0.39, 0.29) is 24.7 Å². The van der Waals surface area contributed by atoms with Gasteiger partial charge < -0.3 is 9.63 Å². The first-order chi connectivity index (χ1) is 11.2. The summed E-state index contributed by atoms with van der Waals surface area (Å²) in [6.45, 7) is 2.26. The molecule has 6 heteroatoms. The molecule has 0 spiro atoms. The second-order valence-corrected chi connectivity index (χ2v) is 6.14. The van der Waals surface area contributed by atoms with Crippen LogP contribution >= 0.6 is 11.3 Å². The Morgan fingerprint density at radius 2 is 2.13 bits per heavy atom. The molecular weight excluding hydrogens is 312 g/mol. The van der Waals surface area contributed by atoms with Gasteiger partial charge in [0.2, 0.25) is 17.8 Å². The van der Waals surface area contributed by atoms with Gasteiger partial charge in [-0.15, -0.1) is 0 Å². The molecule has 0 unspecified atom stereocenters. The SMILES string of the molecule is Cc1c(CCO)sc[n+]1CC(=O)c1cc(-c2ccccc2)no1. The van der Waals surface area contributed by atoms with Crippen molar-refractivity contribution < 1.29 is 19.0 Å². The number of Topliss-reactive ketones (excluding diaryl/α,β-unsaturated/α-hetero) is 1. The summed E-state index contributed by atoms with van der Waals surface area (Å²) in [7, 11) is 0. The Kier molecular flexibility index (Phi) is 4.64.